The van der Waals surface area contributed by atoms with E-state index in [-0.39, 0.29) is 12.1 Å². The van der Waals surface area contributed by atoms with Crippen molar-refractivity contribution in [1.82, 2.24) is 10.2 Å². The lowest BCUT2D eigenvalue weighted by atomic mass is 9.96. The van der Waals surface area contributed by atoms with Gasteiger partial charge in [0, 0.05) is 11.6 Å². The maximum atomic E-state index is 9.57. The van der Waals surface area contributed by atoms with Crippen LogP contribution in [0.15, 0.2) is 0 Å². The van der Waals surface area contributed by atoms with Crippen LogP contribution in [0, 0.1) is 0 Å². The van der Waals surface area contributed by atoms with Crippen LogP contribution < -0.4 is 5.32 Å². The largest absolute Gasteiger partial charge is 0.394 e. The summed E-state index contributed by atoms with van der Waals surface area (Å²) < 4.78 is 0. The standard InChI is InChI=1S/C16H34N2O/c1-4-11-17-16(3,14-19)10-8-13-18-12-7-5-6-9-15(18)2/h15,17,19H,4-14H2,1-3H3. The Hall–Kier alpha value is -0.120. The van der Waals surface area contributed by atoms with Gasteiger partial charge in [0.2, 0.25) is 0 Å². The average molecular weight is 270 g/mol. The van der Waals surface area contributed by atoms with E-state index >= 15 is 0 Å². The minimum Gasteiger partial charge on any atom is -0.394 e. The maximum absolute atomic E-state index is 9.57. The molecule has 0 aliphatic carbocycles. The summed E-state index contributed by atoms with van der Waals surface area (Å²) in [6, 6.07) is 0.742. The Kier molecular flexibility index (Phi) is 7.96. The highest BCUT2D eigenvalue weighted by atomic mass is 16.3. The van der Waals surface area contributed by atoms with Crippen molar-refractivity contribution >= 4 is 0 Å². The Morgan fingerprint density at radius 1 is 1.32 bits per heavy atom. The van der Waals surface area contributed by atoms with E-state index in [0.717, 1.165) is 25.4 Å². The second-order valence-electron chi connectivity index (χ2n) is 6.48. The molecule has 2 unspecified atom stereocenters. The molecule has 2 N–H and O–H groups in total. The first-order valence-electron chi connectivity index (χ1n) is 8.21. The molecular weight excluding hydrogens is 236 g/mol. The molecule has 1 rings (SSSR count). The van der Waals surface area contributed by atoms with Crippen molar-refractivity contribution in [3.05, 3.63) is 0 Å². The summed E-state index contributed by atoms with van der Waals surface area (Å²) in [5.41, 5.74) is -0.0922. The summed E-state index contributed by atoms with van der Waals surface area (Å²) >= 11 is 0. The van der Waals surface area contributed by atoms with Crippen molar-refractivity contribution in [3.8, 4) is 0 Å². The lowest BCUT2D eigenvalue weighted by Gasteiger charge is -2.31. The molecule has 0 amide bonds. The third-order valence-corrected chi connectivity index (χ3v) is 4.52. The molecule has 0 aromatic rings. The molecule has 1 saturated heterocycles. The van der Waals surface area contributed by atoms with Crippen molar-refractivity contribution in [2.24, 2.45) is 0 Å². The molecule has 0 bridgehead atoms. The van der Waals surface area contributed by atoms with Crippen LogP contribution in [0.2, 0.25) is 0 Å². The van der Waals surface area contributed by atoms with Crippen LogP contribution >= 0.6 is 0 Å². The van der Waals surface area contributed by atoms with Gasteiger partial charge in [0.1, 0.15) is 0 Å². The Bertz CT molecular complexity index is 235. The van der Waals surface area contributed by atoms with Gasteiger partial charge in [0.05, 0.1) is 6.61 Å². The lowest BCUT2D eigenvalue weighted by molar-refractivity contribution is 0.149. The molecular formula is C16H34N2O. The number of aliphatic hydroxyl groups is 1. The second kappa shape index (κ2) is 8.93. The van der Waals surface area contributed by atoms with Gasteiger partial charge in [-0.15, -0.1) is 0 Å². The van der Waals surface area contributed by atoms with Gasteiger partial charge in [-0.1, -0.05) is 19.8 Å². The van der Waals surface area contributed by atoms with Gasteiger partial charge in [-0.3, -0.25) is 0 Å². The molecule has 3 nitrogen and oxygen atoms in total. The van der Waals surface area contributed by atoms with Crippen molar-refractivity contribution in [1.29, 1.82) is 0 Å². The minimum atomic E-state index is -0.0922. The molecule has 1 fully saturated rings. The summed E-state index contributed by atoms with van der Waals surface area (Å²) in [7, 11) is 0. The number of rotatable bonds is 8. The number of likely N-dealkylation sites (tertiary alicyclic amines) is 1. The zero-order chi connectivity index (χ0) is 14.1. The first-order chi connectivity index (χ1) is 9.11. The molecule has 3 heteroatoms. The van der Waals surface area contributed by atoms with E-state index in [1.165, 1.54) is 45.2 Å². The molecule has 114 valence electrons. The fourth-order valence-corrected chi connectivity index (χ4v) is 2.99. The number of nitrogens with zero attached hydrogens (tertiary/aromatic N) is 1. The predicted octanol–water partition coefficient (Wildman–Crippen LogP) is 2.78. The monoisotopic (exact) mass is 270 g/mol. The van der Waals surface area contributed by atoms with Gasteiger partial charge < -0.3 is 15.3 Å². The first kappa shape index (κ1) is 16.9. The normalized spacial score (nSPS) is 24.9. The third-order valence-electron chi connectivity index (χ3n) is 4.52. The van der Waals surface area contributed by atoms with Gasteiger partial charge in [-0.05, 0) is 65.6 Å². The van der Waals surface area contributed by atoms with E-state index in [1.807, 2.05) is 0 Å². The zero-order valence-corrected chi connectivity index (χ0v) is 13.2. The number of aliphatic hydroxyl groups excluding tert-OH is 1. The van der Waals surface area contributed by atoms with E-state index in [4.69, 9.17) is 0 Å². The van der Waals surface area contributed by atoms with E-state index < -0.39 is 0 Å². The third kappa shape index (κ3) is 6.24. The van der Waals surface area contributed by atoms with Crippen LogP contribution in [0.3, 0.4) is 0 Å². The summed E-state index contributed by atoms with van der Waals surface area (Å²) in [6.45, 7) is 10.4. The number of hydrogen-bond acceptors (Lipinski definition) is 3. The summed E-state index contributed by atoms with van der Waals surface area (Å²) in [5.74, 6) is 0. The van der Waals surface area contributed by atoms with Crippen molar-refractivity contribution < 1.29 is 5.11 Å². The molecule has 0 aromatic heterocycles. The van der Waals surface area contributed by atoms with Crippen LogP contribution in [0.1, 0.15) is 65.7 Å². The highest BCUT2D eigenvalue weighted by Crippen LogP contribution is 2.18. The molecule has 1 aliphatic heterocycles. The van der Waals surface area contributed by atoms with Crippen LogP contribution in [-0.4, -0.2) is 47.8 Å². The van der Waals surface area contributed by atoms with Crippen LogP contribution in [0.25, 0.3) is 0 Å². The second-order valence-corrected chi connectivity index (χ2v) is 6.48. The molecule has 1 aliphatic rings. The Morgan fingerprint density at radius 3 is 2.79 bits per heavy atom. The molecule has 0 radical (unpaired) electrons. The molecule has 1 heterocycles. The Morgan fingerprint density at radius 2 is 2.11 bits per heavy atom. The van der Waals surface area contributed by atoms with E-state index in [2.05, 4.69) is 31.0 Å². The number of hydrogen-bond donors (Lipinski definition) is 2. The Balaban J connectivity index is 2.30. The lowest BCUT2D eigenvalue weighted by Crippen LogP contribution is -2.46. The predicted molar refractivity (Wildman–Crippen MR) is 82.5 cm³/mol. The van der Waals surface area contributed by atoms with Crippen molar-refractivity contribution in [2.75, 3.05) is 26.2 Å². The molecule has 0 saturated carbocycles. The molecule has 19 heavy (non-hydrogen) atoms. The molecule has 2 atom stereocenters. The molecule has 0 spiro atoms. The van der Waals surface area contributed by atoms with Gasteiger partial charge >= 0.3 is 0 Å². The Labute approximate surface area is 119 Å². The van der Waals surface area contributed by atoms with E-state index in [1.54, 1.807) is 0 Å². The minimum absolute atomic E-state index is 0.0922. The average Bonchev–Trinajstić information content (AvgIpc) is 2.62. The first-order valence-corrected chi connectivity index (χ1v) is 8.21. The van der Waals surface area contributed by atoms with Crippen LogP contribution in [0.4, 0.5) is 0 Å². The smallest absolute Gasteiger partial charge is 0.0610 e. The van der Waals surface area contributed by atoms with Gasteiger partial charge in [0.15, 0.2) is 0 Å². The van der Waals surface area contributed by atoms with Gasteiger partial charge in [-0.2, -0.15) is 0 Å². The SMILES string of the molecule is CCCNC(C)(CO)CCCN1CCCCCC1C. The van der Waals surface area contributed by atoms with Crippen LogP contribution in [0.5, 0.6) is 0 Å². The number of nitrogens with one attached hydrogen (secondary N) is 1. The van der Waals surface area contributed by atoms with Crippen molar-refractivity contribution in [2.45, 2.75) is 77.3 Å². The summed E-state index contributed by atoms with van der Waals surface area (Å²) in [4.78, 5) is 2.64. The quantitative estimate of drug-likeness (QED) is 0.712. The highest BCUT2D eigenvalue weighted by molar-refractivity contribution is 4.83. The highest BCUT2D eigenvalue weighted by Gasteiger charge is 2.23. The van der Waals surface area contributed by atoms with Crippen LogP contribution in [-0.2, 0) is 0 Å². The fourth-order valence-electron chi connectivity index (χ4n) is 2.99. The van der Waals surface area contributed by atoms with E-state index in [9.17, 15) is 5.11 Å². The zero-order valence-electron chi connectivity index (χ0n) is 13.2. The maximum Gasteiger partial charge on any atom is 0.0610 e. The summed E-state index contributed by atoms with van der Waals surface area (Å²) in [5, 5.41) is 13.1. The van der Waals surface area contributed by atoms with E-state index in [0.29, 0.717) is 0 Å². The topological polar surface area (TPSA) is 35.5 Å². The van der Waals surface area contributed by atoms with Crippen molar-refractivity contribution in [3.63, 3.8) is 0 Å². The fraction of sp³-hybridized carbons (Fsp3) is 1.00. The van der Waals surface area contributed by atoms with Gasteiger partial charge in [0.25, 0.3) is 0 Å². The molecule has 0 aromatic carbocycles. The van der Waals surface area contributed by atoms with Gasteiger partial charge in [-0.25, -0.2) is 0 Å². The summed E-state index contributed by atoms with van der Waals surface area (Å²) in [6.07, 6.45) is 8.86.